The van der Waals surface area contributed by atoms with Gasteiger partial charge in [0.1, 0.15) is 24.0 Å². The first-order valence-electron chi connectivity index (χ1n) is 25.0. The number of likely N-dealkylation sites (tertiary alicyclic amines) is 2. The molecule has 1 aromatic heterocycles. The van der Waals surface area contributed by atoms with Gasteiger partial charge >= 0.3 is 12.2 Å². The minimum Gasteiger partial charge on any atom is -0.497 e. The van der Waals surface area contributed by atoms with Crippen molar-refractivity contribution >= 4 is 46.3 Å². The van der Waals surface area contributed by atoms with Crippen molar-refractivity contribution in [3.8, 4) is 22.7 Å². The topological polar surface area (TPSA) is 168 Å². The van der Waals surface area contributed by atoms with Crippen LogP contribution in [0.25, 0.3) is 27.8 Å². The quantitative estimate of drug-likeness (QED) is 0.131. The molecule has 1 aliphatic carbocycles. The van der Waals surface area contributed by atoms with Crippen molar-refractivity contribution in [3.63, 3.8) is 0 Å². The van der Waals surface area contributed by atoms with Gasteiger partial charge in [0.25, 0.3) is 0 Å². The smallest absolute Gasteiger partial charge is 0.407 e. The molecule has 5 heterocycles. The number of aryl methyl sites for hydroxylation is 2. The third-order valence-corrected chi connectivity index (χ3v) is 15.1. The molecular formula is C54H68N8O7. The minimum absolute atomic E-state index is 0.0314. The van der Waals surface area contributed by atoms with Crippen LogP contribution in [0.2, 0.25) is 0 Å². The highest BCUT2D eigenvalue weighted by Crippen LogP contribution is 2.43. The molecule has 69 heavy (non-hydrogen) atoms. The van der Waals surface area contributed by atoms with Crippen molar-refractivity contribution in [3.05, 3.63) is 82.9 Å². The summed E-state index contributed by atoms with van der Waals surface area (Å²) in [5, 5.41) is 10.4. The average Bonchev–Trinajstić information content (AvgIpc) is 4.18. The van der Waals surface area contributed by atoms with Crippen LogP contribution in [0.3, 0.4) is 0 Å². The Hall–Kier alpha value is -6.22. The zero-order valence-electron chi connectivity index (χ0n) is 41.2. The number of hydrogen-bond donors (Lipinski definition) is 3. The maximum Gasteiger partial charge on any atom is 0.407 e. The predicted octanol–water partition coefficient (Wildman–Crippen LogP) is 7.60. The number of ether oxygens (including phenoxy) is 3. The Bertz CT molecular complexity index is 2670. The lowest BCUT2D eigenvalue weighted by Gasteiger charge is -2.33. The molecule has 0 spiro atoms. The molecule has 4 amide bonds. The van der Waals surface area contributed by atoms with Crippen molar-refractivity contribution in [2.45, 2.75) is 128 Å². The van der Waals surface area contributed by atoms with E-state index in [9.17, 15) is 19.2 Å². The number of methoxy groups -OCH3 is 3. The van der Waals surface area contributed by atoms with E-state index in [1.807, 2.05) is 49.6 Å². The SMILES string of the molecule is COC(=O)NC(C(=O)N1CCCC1C1CCCCC(c2ccc3c(c2)c2c(n3-c3cccc(OC)c3)-c3ccc(C4=NC(C5CCCN5C(=O)C(NC(=O)OC)C(C)C)NC4)cc3CC2)=N1)C(C)C. The van der Waals surface area contributed by atoms with Gasteiger partial charge in [-0.25, -0.2) is 9.59 Å². The zero-order valence-corrected chi connectivity index (χ0v) is 41.2. The van der Waals surface area contributed by atoms with Crippen LogP contribution in [0.15, 0.2) is 70.6 Å². The second-order valence-electron chi connectivity index (χ2n) is 20.0. The van der Waals surface area contributed by atoms with Crippen LogP contribution in [0.4, 0.5) is 9.59 Å². The van der Waals surface area contributed by atoms with Crippen molar-refractivity contribution < 1.29 is 33.4 Å². The lowest BCUT2D eigenvalue weighted by molar-refractivity contribution is -0.136. The fraction of sp³-hybridized carbons (Fsp3) is 0.519. The van der Waals surface area contributed by atoms with Gasteiger partial charge in [0.2, 0.25) is 11.8 Å². The summed E-state index contributed by atoms with van der Waals surface area (Å²) in [5.74, 6) is 0.425. The fourth-order valence-electron chi connectivity index (χ4n) is 11.5. The number of amides is 4. The molecule has 0 radical (unpaired) electrons. The molecule has 9 rings (SSSR count). The van der Waals surface area contributed by atoms with Gasteiger partial charge in [-0.05, 0) is 122 Å². The van der Waals surface area contributed by atoms with E-state index in [2.05, 4.69) is 69.0 Å². The van der Waals surface area contributed by atoms with E-state index >= 15 is 0 Å². The van der Waals surface area contributed by atoms with E-state index in [1.165, 1.54) is 42.0 Å². The van der Waals surface area contributed by atoms with Crippen molar-refractivity contribution in [2.24, 2.45) is 21.8 Å². The monoisotopic (exact) mass is 941 g/mol. The second-order valence-corrected chi connectivity index (χ2v) is 20.0. The molecule has 5 aliphatic rings. The predicted molar refractivity (Wildman–Crippen MR) is 268 cm³/mol. The van der Waals surface area contributed by atoms with Crippen molar-refractivity contribution in [1.82, 2.24) is 30.3 Å². The van der Waals surface area contributed by atoms with Gasteiger partial charge in [0.05, 0.1) is 56.4 Å². The first kappa shape index (κ1) is 47.8. The number of aliphatic imine (C=N–C) groups is 2. The molecule has 366 valence electrons. The molecule has 2 fully saturated rings. The maximum atomic E-state index is 14.1. The van der Waals surface area contributed by atoms with Crippen molar-refractivity contribution in [2.75, 3.05) is 41.0 Å². The highest BCUT2D eigenvalue weighted by Gasteiger charge is 2.42. The molecule has 15 nitrogen and oxygen atoms in total. The molecule has 0 saturated carbocycles. The first-order valence-corrected chi connectivity index (χ1v) is 25.0. The van der Waals surface area contributed by atoms with Gasteiger partial charge in [-0.1, -0.05) is 58.4 Å². The summed E-state index contributed by atoms with van der Waals surface area (Å²) in [6.07, 6.45) is 7.60. The number of nitrogens with zero attached hydrogens (tertiary/aromatic N) is 5. The summed E-state index contributed by atoms with van der Waals surface area (Å²) in [6.45, 7) is 9.63. The van der Waals surface area contributed by atoms with Crippen LogP contribution in [0, 0.1) is 11.8 Å². The number of hydrogen-bond acceptors (Lipinski definition) is 10. The summed E-state index contributed by atoms with van der Waals surface area (Å²) in [7, 11) is 4.33. The van der Waals surface area contributed by atoms with E-state index in [0.717, 1.165) is 104 Å². The molecule has 3 aromatic carbocycles. The van der Waals surface area contributed by atoms with Gasteiger partial charge in [-0.3, -0.25) is 24.9 Å². The zero-order chi connectivity index (χ0) is 48.5. The number of aromatic nitrogens is 1. The van der Waals surface area contributed by atoms with Gasteiger partial charge in [-0.2, -0.15) is 0 Å². The summed E-state index contributed by atoms with van der Waals surface area (Å²) >= 11 is 0. The fourth-order valence-corrected chi connectivity index (χ4v) is 11.5. The highest BCUT2D eigenvalue weighted by atomic mass is 16.5. The number of carbonyl (C=O) groups is 4. The lowest BCUT2D eigenvalue weighted by atomic mass is 9.87. The van der Waals surface area contributed by atoms with E-state index in [4.69, 9.17) is 24.2 Å². The Kier molecular flexibility index (Phi) is 14.1. The largest absolute Gasteiger partial charge is 0.497 e. The Morgan fingerprint density at radius 2 is 1.36 bits per heavy atom. The molecule has 6 unspecified atom stereocenters. The van der Waals surface area contributed by atoms with E-state index in [1.54, 1.807) is 7.11 Å². The summed E-state index contributed by atoms with van der Waals surface area (Å²) in [6, 6.07) is 20.3. The molecule has 4 aliphatic heterocycles. The van der Waals surface area contributed by atoms with Gasteiger partial charge in [0, 0.05) is 48.0 Å². The van der Waals surface area contributed by atoms with Crippen LogP contribution in [-0.2, 0) is 31.9 Å². The van der Waals surface area contributed by atoms with E-state index in [-0.39, 0.29) is 47.9 Å². The molecule has 2 saturated heterocycles. The highest BCUT2D eigenvalue weighted by molar-refractivity contribution is 6.07. The Morgan fingerprint density at radius 3 is 2.04 bits per heavy atom. The minimum atomic E-state index is -0.681. The normalized spacial score (nSPS) is 22.1. The number of carbonyl (C=O) groups excluding carboxylic acids is 4. The maximum absolute atomic E-state index is 14.1. The number of rotatable bonds is 12. The average molecular weight is 941 g/mol. The van der Waals surface area contributed by atoms with Gasteiger partial charge in [-0.15, -0.1) is 0 Å². The van der Waals surface area contributed by atoms with Crippen LogP contribution >= 0.6 is 0 Å². The summed E-state index contributed by atoms with van der Waals surface area (Å²) < 4.78 is 17.9. The third-order valence-electron chi connectivity index (χ3n) is 15.1. The standard InChI is InChI=1S/C54H68N8O7/c1-31(2)47(58-53(65)68-6)51(63)60-25-11-17-45(60)42-16-9-8-15-41(56-42)35-21-24-44-40(28-35)39-23-19-33-27-34(20-22-38(33)49(39)62(44)36-13-10-14-37(29-36)67-5)43-30-55-50(57-43)46-18-12-26-61(46)52(64)48(32(3)4)59-54(66)69-7/h10,13-14,20-22,24,27-29,31-32,42,45-48,50,55H,8-9,11-12,15-19,23,25-26,30H2,1-7H3,(H,58,65)(H,59,66). The van der Waals surface area contributed by atoms with Gasteiger partial charge < -0.3 is 39.2 Å². The van der Waals surface area contributed by atoms with Crippen LogP contribution < -0.4 is 20.7 Å². The molecule has 15 heteroatoms. The first-order chi connectivity index (χ1) is 33.4. The van der Waals surface area contributed by atoms with Crippen LogP contribution in [0.5, 0.6) is 5.75 Å². The second kappa shape index (κ2) is 20.4. The number of fused-ring (bicyclic) bond motifs is 5. The number of nitrogens with one attached hydrogen (secondary N) is 3. The Balaban J connectivity index is 1.03. The molecule has 0 bridgehead atoms. The Labute approximate surface area is 405 Å². The third kappa shape index (κ3) is 9.46. The van der Waals surface area contributed by atoms with Crippen LogP contribution in [0.1, 0.15) is 101 Å². The number of benzene rings is 3. The van der Waals surface area contributed by atoms with Crippen LogP contribution in [-0.4, -0.2) is 127 Å². The lowest BCUT2D eigenvalue weighted by Crippen LogP contribution is -2.55. The summed E-state index contributed by atoms with van der Waals surface area (Å²) in [4.78, 5) is 67.0. The molecule has 4 aromatic rings. The van der Waals surface area contributed by atoms with Crippen molar-refractivity contribution in [1.29, 1.82) is 0 Å². The molecular weight excluding hydrogens is 873 g/mol. The van der Waals surface area contributed by atoms with Gasteiger partial charge in [0.15, 0.2) is 0 Å². The molecule has 3 N–H and O–H groups in total. The summed E-state index contributed by atoms with van der Waals surface area (Å²) in [5.41, 5.74) is 11.3. The Morgan fingerprint density at radius 1 is 0.696 bits per heavy atom. The molecule has 6 atom stereocenters. The number of alkyl carbamates (subject to hydrolysis) is 2. The van der Waals surface area contributed by atoms with E-state index in [0.29, 0.717) is 19.6 Å². The van der Waals surface area contributed by atoms with E-state index < -0.39 is 24.3 Å².